The van der Waals surface area contributed by atoms with Crippen LogP contribution in [0.5, 0.6) is 0 Å². The van der Waals surface area contributed by atoms with Gasteiger partial charge in [0.2, 0.25) is 16.0 Å². The summed E-state index contributed by atoms with van der Waals surface area (Å²) in [7, 11) is -3.58. The van der Waals surface area contributed by atoms with Gasteiger partial charge >= 0.3 is 0 Å². The third kappa shape index (κ3) is 6.97. The lowest BCUT2D eigenvalue weighted by Crippen LogP contribution is -2.44. The molecule has 10 heteroatoms. The molecule has 0 radical (unpaired) electrons. The summed E-state index contributed by atoms with van der Waals surface area (Å²) in [6.45, 7) is 3.81. The van der Waals surface area contributed by atoms with Gasteiger partial charge in [0.1, 0.15) is 11.6 Å². The second kappa shape index (κ2) is 11.9. The molecule has 0 saturated carbocycles. The van der Waals surface area contributed by atoms with E-state index in [4.69, 9.17) is 0 Å². The lowest BCUT2D eigenvalue weighted by molar-refractivity contribution is 0.288. The first kappa shape index (κ1) is 26.7. The number of benzene rings is 3. The fourth-order valence-electron chi connectivity index (χ4n) is 4.43. The molecular formula is C29H31FN6O2S. The van der Waals surface area contributed by atoms with Crippen LogP contribution in [0.15, 0.2) is 90.0 Å². The highest BCUT2D eigenvalue weighted by Crippen LogP contribution is 2.24. The Morgan fingerprint density at radius 3 is 2.21 bits per heavy atom. The first-order valence-electron chi connectivity index (χ1n) is 12.9. The van der Waals surface area contributed by atoms with Crippen LogP contribution >= 0.6 is 0 Å². The molecular weight excluding hydrogens is 515 g/mol. The van der Waals surface area contributed by atoms with Crippen LogP contribution in [-0.4, -0.2) is 41.8 Å². The molecule has 1 fully saturated rings. The van der Waals surface area contributed by atoms with Crippen molar-refractivity contribution < 1.29 is 12.8 Å². The normalized spacial score (nSPS) is 14.7. The van der Waals surface area contributed by atoms with Gasteiger partial charge in [-0.15, -0.1) is 0 Å². The number of aryl methyl sites for hydroxylation is 1. The molecule has 4 aromatic rings. The number of rotatable bonds is 9. The summed E-state index contributed by atoms with van der Waals surface area (Å²) in [6, 6.07) is 23.0. The Kier molecular flexibility index (Phi) is 8.16. The van der Waals surface area contributed by atoms with E-state index < -0.39 is 10.0 Å². The zero-order valence-corrected chi connectivity index (χ0v) is 22.5. The lowest BCUT2D eigenvalue weighted by atomic mass is 10.1. The van der Waals surface area contributed by atoms with Crippen LogP contribution in [0.3, 0.4) is 0 Å². The molecule has 202 valence electrons. The Morgan fingerprint density at radius 1 is 0.872 bits per heavy atom. The highest BCUT2D eigenvalue weighted by atomic mass is 32.2. The summed E-state index contributed by atoms with van der Waals surface area (Å²) >= 11 is 0. The Labute approximate surface area is 228 Å². The maximum Gasteiger partial charge on any atom is 0.243 e. The second-order valence-electron chi connectivity index (χ2n) is 9.59. The first-order valence-corrected chi connectivity index (χ1v) is 14.3. The molecule has 1 aromatic heterocycles. The van der Waals surface area contributed by atoms with E-state index in [-0.39, 0.29) is 16.8 Å². The molecule has 0 spiro atoms. The molecule has 0 bridgehead atoms. The Hall–Kier alpha value is -3.86. The van der Waals surface area contributed by atoms with E-state index in [0.717, 1.165) is 19.4 Å². The molecule has 39 heavy (non-hydrogen) atoms. The number of anilines is 4. The second-order valence-corrected chi connectivity index (χ2v) is 11.5. The zero-order chi connectivity index (χ0) is 27.2. The summed E-state index contributed by atoms with van der Waals surface area (Å²) in [5.41, 5.74) is 3.82. The Balaban J connectivity index is 1.15. The topological polar surface area (TPSA) is 99.3 Å². The largest absolute Gasteiger partial charge is 0.340 e. The van der Waals surface area contributed by atoms with Crippen molar-refractivity contribution in [2.24, 2.45) is 0 Å². The molecule has 2 heterocycles. The smallest absolute Gasteiger partial charge is 0.243 e. The van der Waals surface area contributed by atoms with Gasteiger partial charge in [0, 0.05) is 43.2 Å². The lowest BCUT2D eigenvalue weighted by Gasteiger charge is -2.31. The minimum absolute atomic E-state index is 0.256. The quantitative estimate of drug-likeness (QED) is 0.260. The van der Waals surface area contributed by atoms with Crippen molar-refractivity contribution in [3.63, 3.8) is 0 Å². The average molecular weight is 547 g/mol. The van der Waals surface area contributed by atoms with E-state index in [2.05, 4.69) is 57.1 Å². The van der Waals surface area contributed by atoms with Gasteiger partial charge in [0.05, 0.1) is 4.90 Å². The Morgan fingerprint density at radius 2 is 1.51 bits per heavy atom. The van der Waals surface area contributed by atoms with E-state index in [1.54, 1.807) is 53.0 Å². The van der Waals surface area contributed by atoms with Crippen LogP contribution in [0.2, 0.25) is 0 Å². The van der Waals surface area contributed by atoms with E-state index in [0.29, 0.717) is 36.2 Å². The van der Waals surface area contributed by atoms with E-state index in [1.165, 1.54) is 23.3 Å². The number of halogens is 1. The summed E-state index contributed by atoms with van der Waals surface area (Å²) in [4.78, 5) is 8.90. The van der Waals surface area contributed by atoms with E-state index in [1.807, 2.05) is 0 Å². The molecule has 3 aromatic carbocycles. The van der Waals surface area contributed by atoms with Crippen LogP contribution in [0.25, 0.3) is 0 Å². The number of piperidine rings is 1. The van der Waals surface area contributed by atoms with Crippen molar-refractivity contribution in [3.05, 3.63) is 102 Å². The summed E-state index contributed by atoms with van der Waals surface area (Å²) < 4.78 is 41.2. The van der Waals surface area contributed by atoms with E-state index in [9.17, 15) is 12.8 Å². The van der Waals surface area contributed by atoms with Crippen molar-refractivity contribution in [3.8, 4) is 0 Å². The monoisotopic (exact) mass is 546 g/mol. The van der Waals surface area contributed by atoms with Gasteiger partial charge in [-0.1, -0.05) is 29.8 Å². The minimum atomic E-state index is -3.58. The van der Waals surface area contributed by atoms with Crippen LogP contribution < -0.4 is 16.0 Å². The maximum absolute atomic E-state index is 13.2. The maximum atomic E-state index is 13.2. The third-order valence-electron chi connectivity index (χ3n) is 6.69. The molecule has 1 aliphatic heterocycles. The molecule has 0 atom stereocenters. The van der Waals surface area contributed by atoms with Crippen LogP contribution in [0, 0.1) is 12.7 Å². The summed E-state index contributed by atoms with van der Waals surface area (Å²) in [5, 5.41) is 9.75. The molecule has 1 saturated heterocycles. The van der Waals surface area contributed by atoms with Crippen molar-refractivity contribution in [2.75, 3.05) is 23.7 Å². The van der Waals surface area contributed by atoms with Gasteiger partial charge in [-0.3, -0.25) is 0 Å². The molecule has 5 rings (SSSR count). The molecule has 0 amide bonds. The zero-order valence-electron chi connectivity index (χ0n) is 21.6. The molecule has 0 unspecified atom stereocenters. The van der Waals surface area contributed by atoms with Crippen LogP contribution in [0.1, 0.15) is 24.0 Å². The Bertz CT molecular complexity index is 1490. The van der Waals surface area contributed by atoms with Gasteiger partial charge in [-0.05, 0) is 79.9 Å². The summed E-state index contributed by atoms with van der Waals surface area (Å²) in [6.07, 6.45) is 3.13. The molecule has 1 aliphatic rings. The van der Waals surface area contributed by atoms with Gasteiger partial charge in [-0.2, -0.15) is 9.29 Å². The number of aromatic nitrogens is 2. The number of nitrogens with one attached hydrogen (secondary N) is 3. The van der Waals surface area contributed by atoms with Crippen LogP contribution in [0.4, 0.5) is 27.5 Å². The predicted molar refractivity (Wildman–Crippen MR) is 151 cm³/mol. The predicted octanol–water partition coefficient (Wildman–Crippen LogP) is 5.35. The van der Waals surface area contributed by atoms with E-state index >= 15 is 0 Å². The van der Waals surface area contributed by atoms with Gasteiger partial charge in [-0.25, -0.2) is 17.8 Å². The highest BCUT2D eigenvalue weighted by molar-refractivity contribution is 7.89. The van der Waals surface area contributed by atoms with Crippen molar-refractivity contribution in [2.45, 2.75) is 37.2 Å². The van der Waals surface area contributed by atoms with Crippen molar-refractivity contribution in [1.29, 1.82) is 0 Å². The standard InChI is InChI=1S/C29H31FN6O2S/c1-21-2-4-22(5-3-21)20-32-24-15-18-36(19-16-24)39(37,38)27-12-10-26(11-13-27)34-29-31-17-14-28(35-29)33-25-8-6-23(30)7-9-25/h2-14,17,24,32H,15-16,18-20H2,1H3,(H2,31,33,34,35). The third-order valence-corrected chi connectivity index (χ3v) is 8.60. The first-order chi connectivity index (χ1) is 18.8. The number of hydrogen-bond acceptors (Lipinski definition) is 7. The van der Waals surface area contributed by atoms with Crippen molar-refractivity contribution >= 4 is 33.2 Å². The molecule has 3 N–H and O–H groups in total. The van der Waals surface area contributed by atoms with Crippen molar-refractivity contribution in [1.82, 2.24) is 19.6 Å². The molecule has 0 aliphatic carbocycles. The number of sulfonamides is 1. The SMILES string of the molecule is Cc1ccc(CNC2CCN(S(=O)(=O)c3ccc(Nc4nccc(Nc5ccc(F)cc5)n4)cc3)CC2)cc1. The fraction of sp³-hybridized carbons (Fsp3) is 0.241. The highest BCUT2D eigenvalue weighted by Gasteiger charge is 2.29. The van der Waals surface area contributed by atoms with Gasteiger partial charge in [0.25, 0.3) is 0 Å². The number of nitrogens with zero attached hydrogens (tertiary/aromatic N) is 3. The van der Waals surface area contributed by atoms with Gasteiger partial charge < -0.3 is 16.0 Å². The van der Waals surface area contributed by atoms with Gasteiger partial charge in [0.15, 0.2) is 0 Å². The summed E-state index contributed by atoms with van der Waals surface area (Å²) in [5.74, 6) is 0.569. The minimum Gasteiger partial charge on any atom is -0.340 e. The molecule has 8 nitrogen and oxygen atoms in total. The fourth-order valence-corrected chi connectivity index (χ4v) is 5.90. The average Bonchev–Trinajstić information content (AvgIpc) is 2.95. The van der Waals surface area contributed by atoms with Crippen LogP contribution in [-0.2, 0) is 16.6 Å². The number of hydrogen-bond donors (Lipinski definition) is 3.